The van der Waals surface area contributed by atoms with E-state index in [2.05, 4.69) is 34.1 Å². The lowest BCUT2D eigenvalue weighted by Gasteiger charge is -2.12. The summed E-state index contributed by atoms with van der Waals surface area (Å²) in [6, 6.07) is 7.94. The Morgan fingerprint density at radius 2 is 2.12 bits per heavy atom. The van der Waals surface area contributed by atoms with Gasteiger partial charge in [-0.1, -0.05) is 30.9 Å². The molecule has 0 spiro atoms. The topological polar surface area (TPSA) is 58.5 Å². The maximum Gasteiger partial charge on any atom is 0.191 e. The van der Waals surface area contributed by atoms with Gasteiger partial charge in [0.25, 0.3) is 0 Å². The number of benzene rings is 1. The van der Waals surface area contributed by atoms with Gasteiger partial charge in [-0.25, -0.2) is 9.98 Å². The Morgan fingerprint density at radius 3 is 2.80 bits per heavy atom. The van der Waals surface area contributed by atoms with Gasteiger partial charge in [-0.05, 0) is 26.8 Å². The first kappa shape index (κ1) is 19.0. The molecular formula is C19H26N4OS. The van der Waals surface area contributed by atoms with Crippen molar-refractivity contribution in [2.45, 2.75) is 33.9 Å². The molecule has 2 aromatic rings. The Bertz CT molecular complexity index is 724. The highest BCUT2D eigenvalue weighted by Crippen LogP contribution is 2.19. The molecule has 0 radical (unpaired) electrons. The first-order chi connectivity index (χ1) is 12.1. The highest BCUT2D eigenvalue weighted by molar-refractivity contribution is 7.11. The van der Waals surface area contributed by atoms with Gasteiger partial charge >= 0.3 is 0 Å². The van der Waals surface area contributed by atoms with E-state index in [0.717, 1.165) is 41.1 Å². The second-order valence-electron chi connectivity index (χ2n) is 5.50. The summed E-state index contributed by atoms with van der Waals surface area (Å²) in [6.45, 7) is 12.4. The van der Waals surface area contributed by atoms with Gasteiger partial charge in [-0.2, -0.15) is 0 Å². The van der Waals surface area contributed by atoms with Crippen LogP contribution in [-0.2, 0) is 13.1 Å². The number of nitrogens with zero attached hydrogens (tertiary/aromatic N) is 2. The van der Waals surface area contributed by atoms with E-state index in [1.807, 2.05) is 38.1 Å². The largest absolute Gasteiger partial charge is 0.489 e. The first-order valence-corrected chi connectivity index (χ1v) is 9.22. The van der Waals surface area contributed by atoms with Crippen LogP contribution in [0.3, 0.4) is 0 Å². The van der Waals surface area contributed by atoms with Crippen molar-refractivity contribution in [2.24, 2.45) is 4.99 Å². The van der Waals surface area contributed by atoms with Crippen molar-refractivity contribution in [1.29, 1.82) is 0 Å². The number of rotatable bonds is 8. The average molecular weight is 359 g/mol. The highest BCUT2D eigenvalue weighted by atomic mass is 32.1. The van der Waals surface area contributed by atoms with E-state index in [0.29, 0.717) is 13.2 Å². The summed E-state index contributed by atoms with van der Waals surface area (Å²) in [5.41, 5.74) is 2.13. The predicted molar refractivity (Wildman–Crippen MR) is 105 cm³/mol. The number of ether oxygens (including phenoxy) is 1. The molecule has 0 aliphatic heterocycles. The van der Waals surface area contributed by atoms with E-state index in [4.69, 9.17) is 4.74 Å². The number of thiazole rings is 1. The number of hydrogen-bond acceptors (Lipinski definition) is 4. The maximum absolute atomic E-state index is 5.69. The van der Waals surface area contributed by atoms with Gasteiger partial charge in [-0.15, -0.1) is 11.3 Å². The quantitative estimate of drug-likeness (QED) is 0.430. The van der Waals surface area contributed by atoms with E-state index in [9.17, 15) is 0 Å². The molecule has 0 atom stereocenters. The molecule has 0 saturated carbocycles. The second kappa shape index (κ2) is 9.84. The molecule has 134 valence electrons. The fourth-order valence-electron chi connectivity index (χ4n) is 2.33. The Balaban J connectivity index is 2.04. The van der Waals surface area contributed by atoms with E-state index in [1.165, 1.54) is 4.88 Å². The monoisotopic (exact) mass is 358 g/mol. The summed E-state index contributed by atoms with van der Waals surface area (Å²) in [4.78, 5) is 10.4. The van der Waals surface area contributed by atoms with E-state index in [-0.39, 0.29) is 0 Å². The lowest BCUT2D eigenvalue weighted by molar-refractivity contribution is 0.359. The number of aliphatic imine (C=N–C) groups is 1. The van der Waals surface area contributed by atoms with Crippen LogP contribution in [0.5, 0.6) is 5.75 Å². The van der Waals surface area contributed by atoms with Crippen LogP contribution < -0.4 is 15.4 Å². The molecule has 2 rings (SSSR count). The first-order valence-electron chi connectivity index (χ1n) is 8.40. The normalized spacial score (nSPS) is 11.2. The van der Waals surface area contributed by atoms with Crippen molar-refractivity contribution in [2.75, 3.05) is 13.2 Å². The van der Waals surface area contributed by atoms with E-state index in [1.54, 1.807) is 17.4 Å². The number of aromatic nitrogens is 1. The summed E-state index contributed by atoms with van der Waals surface area (Å²) >= 11 is 1.71. The molecular weight excluding hydrogens is 332 g/mol. The maximum atomic E-state index is 5.69. The van der Waals surface area contributed by atoms with Crippen LogP contribution in [0.4, 0.5) is 0 Å². The number of hydrogen-bond donors (Lipinski definition) is 2. The van der Waals surface area contributed by atoms with Crippen LogP contribution in [0.15, 0.2) is 41.9 Å². The molecule has 1 aromatic heterocycles. The van der Waals surface area contributed by atoms with Crippen LogP contribution in [0.1, 0.15) is 28.1 Å². The minimum absolute atomic E-state index is 0.489. The van der Waals surface area contributed by atoms with Crippen LogP contribution in [0, 0.1) is 13.8 Å². The number of guanidine groups is 1. The standard InChI is InChI=1S/C19H26N4OS/c1-5-11-24-17-10-8-7-9-16(17)12-21-19(20-6-2)22-13-18-14(3)23-15(4)25-18/h5,7-10H,1,6,11-13H2,2-4H3,(H2,20,21,22). The zero-order valence-corrected chi connectivity index (χ0v) is 15.9. The van der Waals surface area contributed by atoms with Crippen LogP contribution >= 0.6 is 11.3 Å². The number of nitrogens with one attached hydrogen (secondary N) is 2. The van der Waals surface area contributed by atoms with Crippen LogP contribution in [-0.4, -0.2) is 24.1 Å². The lowest BCUT2D eigenvalue weighted by atomic mass is 10.2. The second-order valence-corrected chi connectivity index (χ2v) is 6.79. The van der Waals surface area contributed by atoms with Crippen molar-refractivity contribution >= 4 is 17.3 Å². The van der Waals surface area contributed by atoms with E-state index < -0.39 is 0 Å². The van der Waals surface area contributed by atoms with Gasteiger partial charge in [0.15, 0.2) is 5.96 Å². The third kappa shape index (κ3) is 5.90. The Labute approximate surface area is 153 Å². The molecule has 0 aliphatic rings. The van der Waals surface area contributed by atoms with Crippen LogP contribution in [0.2, 0.25) is 0 Å². The molecule has 0 aliphatic carbocycles. The molecule has 25 heavy (non-hydrogen) atoms. The average Bonchev–Trinajstić information content (AvgIpc) is 2.93. The fourth-order valence-corrected chi connectivity index (χ4v) is 3.21. The molecule has 0 fully saturated rings. The van der Waals surface area contributed by atoms with Gasteiger partial charge in [0.2, 0.25) is 0 Å². The Morgan fingerprint density at radius 1 is 1.32 bits per heavy atom. The molecule has 0 saturated heterocycles. The highest BCUT2D eigenvalue weighted by Gasteiger charge is 2.07. The SMILES string of the molecule is C=CCOc1ccccc1CN=C(NCC)NCc1sc(C)nc1C. The van der Waals surface area contributed by atoms with Gasteiger partial charge < -0.3 is 15.4 Å². The fraction of sp³-hybridized carbons (Fsp3) is 0.368. The third-order valence-electron chi connectivity index (χ3n) is 3.50. The Kier molecular flexibility index (Phi) is 7.47. The summed E-state index contributed by atoms with van der Waals surface area (Å²) in [6.07, 6.45) is 1.74. The molecule has 5 nitrogen and oxygen atoms in total. The van der Waals surface area contributed by atoms with Crippen LogP contribution in [0.25, 0.3) is 0 Å². The lowest BCUT2D eigenvalue weighted by Crippen LogP contribution is -2.36. The van der Waals surface area contributed by atoms with Gasteiger partial charge in [-0.3, -0.25) is 0 Å². The molecule has 6 heteroatoms. The summed E-state index contributed by atoms with van der Waals surface area (Å²) in [5.74, 6) is 1.63. The number of para-hydroxylation sites is 1. The molecule has 2 N–H and O–H groups in total. The van der Waals surface area contributed by atoms with Crippen molar-refractivity contribution < 1.29 is 4.74 Å². The smallest absolute Gasteiger partial charge is 0.191 e. The minimum Gasteiger partial charge on any atom is -0.489 e. The van der Waals surface area contributed by atoms with Crippen molar-refractivity contribution in [3.05, 3.63) is 58.1 Å². The van der Waals surface area contributed by atoms with Crippen molar-refractivity contribution in [3.63, 3.8) is 0 Å². The summed E-state index contributed by atoms with van der Waals surface area (Å²) < 4.78 is 5.69. The van der Waals surface area contributed by atoms with Gasteiger partial charge in [0, 0.05) is 17.0 Å². The summed E-state index contributed by atoms with van der Waals surface area (Å²) in [5, 5.41) is 7.74. The molecule has 1 heterocycles. The van der Waals surface area contributed by atoms with Crippen molar-refractivity contribution in [3.8, 4) is 5.75 Å². The van der Waals surface area contributed by atoms with Crippen molar-refractivity contribution in [1.82, 2.24) is 15.6 Å². The molecule has 1 aromatic carbocycles. The molecule has 0 amide bonds. The zero-order chi connectivity index (χ0) is 18.1. The molecule has 0 unspecified atom stereocenters. The minimum atomic E-state index is 0.489. The van der Waals surface area contributed by atoms with Gasteiger partial charge in [0.1, 0.15) is 12.4 Å². The number of aryl methyl sites for hydroxylation is 2. The Hall–Kier alpha value is -2.34. The summed E-state index contributed by atoms with van der Waals surface area (Å²) in [7, 11) is 0. The predicted octanol–water partition coefficient (Wildman–Crippen LogP) is 3.58. The van der Waals surface area contributed by atoms with E-state index >= 15 is 0 Å². The zero-order valence-electron chi connectivity index (χ0n) is 15.1. The van der Waals surface area contributed by atoms with Gasteiger partial charge in [0.05, 0.1) is 23.8 Å². The third-order valence-corrected chi connectivity index (χ3v) is 4.57. The molecule has 0 bridgehead atoms.